The molecule has 0 aliphatic heterocycles. The number of nitrogens with zero attached hydrogens (tertiary/aromatic N) is 1. The molecule has 0 saturated heterocycles. The van der Waals surface area contributed by atoms with Gasteiger partial charge in [0.25, 0.3) is 0 Å². The average Bonchev–Trinajstić information content (AvgIpc) is 3.20. The van der Waals surface area contributed by atoms with Gasteiger partial charge in [0, 0.05) is 6.54 Å². The molecule has 0 bridgehead atoms. The number of hydrogen-bond acceptors (Lipinski definition) is 3. The molecule has 1 fully saturated rings. The Morgan fingerprint density at radius 2 is 1.95 bits per heavy atom. The van der Waals surface area contributed by atoms with E-state index in [0.29, 0.717) is 13.0 Å². The second-order valence-electron chi connectivity index (χ2n) is 5.42. The number of amides is 1. The van der Waals surface area contributed by atoms with Gasteiger partial charge >= 0.3 is 5.97 Å². The number of carboxylic acid groups (broad SMARTS) is 1. The van der Waals surface area contributed by atoms with Crippen LogP contribution >= 0.6 is 0 Å². The van der Waals surface area contributed by atoms with Crippen molar-refractivity contribution in [3.8, 4) is 0 Å². The molecule has 108 valence electrons. The zero-order valence-corrected chi connectivity index (χ0v) is 11.7. The van der Waals surface area contributed by atoms with Crippen LogP contribution in [-0.4, -0.2) is 42.5 Å². The minimum absolute atomic E-state index is 0.0854. The topological polar surface area (TPSA) is 69.6 Å². The summed E-state index contributed by atoms with van der Waals surface area (Å²) in [5.74, 6) is -1.88. The van der Waals surface area contributed by atoms with Crippen molar-refractivity contribution in [3.63, 3.8) is 0 Å². The van der Waals surface area contributed by atoms with Gasteiger partial charge in [0.2, 0.25) is 5.91 Å². The smallest absolute Gasteiger partial charge is 0.307 e. The van der Waals surface area contributed by atoms with Gasteiger partial charge in [0.15, 0.2) is 0 Å². The van der Waals surface area contributed by atoms with Gasteiger partial charge < -0.3 is 15.3 Å². The maximum absolute atomic E-state index is 11.9. The number of carbonyl (C=O) groups excluding carboxylic acids is 1. The Hall–Kier alpha value is -1.88. The summed E-state index contributed by atoms with van der Waals surface area (Å²) in [7, 11) is 3.92. The highest BCUT2D eigenvalue weighted by Crippen LogP contribution is 2.38. The highest BCUT2D eigenvalue weighted by atomic mass is 16.4. The fourth-order valence-electron chi connectivity index (χ4n) is 2.36. The predicted molar refractivity (Wildman–Crippen MR) is 75.1 cm³/mol. The Morgan fingerprint density at radius 1 is 1.30 bits per heavy atom. The number of rotatable bonds is 6. The van der Waals surface area contributed by atoms with E-state index in [1.54, 1.807) is 0 Å². The Bertz CT molecular complexity index is 487. The van der Waals surface area contributed by atoms with Crippen molar-refractivity contribution in [1.29, 1.82) is 0 Å². The molecule has 2 N–H and O–H groups in total. The lowest BCUT2D eigenvalue weighted by atomic mass is 10.1. The molecule has 1 amide bonds. The molecule has 1 unspecified atom stereocenters. The van der Waals surface area contributed by atoms with Crippen LogP contribution in [0.1, 0.15) is 18.0 Å². The first-order valence-corrected chi connectivity index (χ1v) is 6.72. The second kappa shape index (κ2) is 6.05. The SMILES string of the molecule is CN(C)C(CNC(=O)[C@@H]1C[C@@H]1C(=O)O)c1ccccc1. The second-order valence-corrected chi connectivity index (χ2v) is 5.42. The number of aliphatic carboxylic acids is 1. The summed E-state index contributed by atoms with van der Waals surface area (Å²) in [4.78, 5) is 24.7. The van der Waals surface area contributed by atoms with Gasteiger partial charge in [0.05, 0.1) is 17.9 Å². The van der Waals surface area contributed by atoms with Crippen LogP contribution in [0, 0.1) is 11.8 Å². The molecule has 20 heavy (non-hydrogen) atoms. The quantitative estimate of drug-likeness (QED) is 0.817. The molecule has 1 aliphatic carbocycles. The number of likely N-dealkylation sites (N-methyl/N-ethyl adjacent to an activating group) is 1. The summed E-state index contributed by atoms with van der Waals surface area (Å²) < 4.78 is 0. The van der Waals surface area contributed by atoms with Crippen LogP contribution in [0.3, 0.4) is 0 Å². The van der Waals surface area contributed by atoms with E-state index in [1.165, 1.54) is 0 Å². The number of carboxylic acids is 1. The van der Waals surface area contributed by atoms with Crippen molar-refractivity contribution >= 4 is 11.9 Å². The highest BCUT2D eigenvalue weighted by molar-refractivity contribution is 5.89. The molecule has 5 heteroatoms. The van der Waals surface area contributed by atoms with Gasteiger partial charge in [-0.2, -0.15) is 0 Å². The van der Waals surface area contributed by atoms with Crippen molar-refractivity contribution in [2.75, 3.05) is 20.6 Å². The molecule has 0 aromatic heterocycles. The molecule has 1 saturated carbocycles. The lowest BCUT2D eigenvalue weighted by Gasteiger charge is -2.25. The van der Waals surface area contributed by atoms with E-state index < -0.39 is 11.9 Å². The van der Waals surface area contributed by atoms with E-state index in [2.05, 4.69) is 5.32 Å². The van der Waals surface area contributed by atoms with Crippen LogP contribution < -0.4 is 5.32 Å². The van der Waals surface area contributed by atoms with Gasteiger partial charge in [-0.3, -0.25) is 9.59 Å². The summed E-state index contributed by atoms with van der Waals surface area (Å²) in [5, 5.41) is 11.7. The fraction of sp³-hybridized carbons (Fsp3) is 0.467. The van der Waals surface area contributed by atoms with Crippen molar-refractivity contribution in [2.24, 2.45) is 11.8 Å². The van der Waals surface area contributed by atoms with Crippen molar-refractivity contribution in [3.05, 3.63) is 35.9 Å². The third kappa shape index (κ3) is 3.36. The summed E-state index contributed by atoms with van der Waals surface area (Å²) in [6.45, 7) is 0.485. The van der Waals surface area contributed by atoms with E-state index >= 15 is 0 Å². The first-order chi connectivity index (χ1) is 9.50. The molecule has 0 radical (unpaired) electrons. The first-order valence-electron chi connectivity index (χ1n) is 6.72. The van der Waals surface area contributed by atoms with Crippen molar-refractivity contribution in [1.82, 2.24) is 10.2 Å². The standard InChI is InChI=1S/C15H20N2O3/c1-17(2)13(10-6-4-3-5-7-10)9-16-14(18)11-8-12(11)15(19)20/h3-7,11-13H,8-9H2,1-2H3,(H,16,18)(H,19,20)/t11-,12+,13?/m1/s1. The van der Waals surface area contributed by atoms with Gasteiger partial charge in [-0.1, -0.05) is 30.3 Å². The first kappa shape index (κ1) is 14.5. The molecule has 1 aromatic carbocycles. The van der Waals surface area contributed by atoms with E-state index in [9.17, 15) is 9.59 Å². The van der Waals surface area contributed by atoms with Gasteiger partial charge in [-0.25, -0.2) is 0 Å². The molecular weight excluding hydrogens is 256 g/mol. The van der Waals surface area contributed by atoms with Gasteiger partial charge in [-0.05, 0) is 26.1 Å². The Labute approximate surface area is 118 Å². The molecule has 5 nitrogen and oxygen atoms in total. The number of carbonyl (C=O) groups is 2. The maximum atomic E-state index is 11.9. The van der Waals surface area contributed by atoms with Crippen molar-refractivity contribution in [2.45, 2.75) is 12.5 Å². The monoisotopic (exact) mass is 276 g/mol. The average molecular weight is 276 g/mol. The van der Waals surface area contributed by atoms with E-state index in [4.69, 9.17) is 5.11 Å². The van der Waals surface area contributed by atoms with Gasteiger partial charge in [0.1, 0.15) is 0 Å². The van der Waals surface area contributed by atoms with Crippen LogP contribution in [-0.2, 0) is 9.59 Å². The van der Waals surface area contributed by atoms with E-state index in [0.717, 1.165) is 5.56 Å². The van der Waals surface area contributed by atoms with Crippen LogP contribution in [0.2, 0.25) is 0 Å². The normalized spacial score (nSPS) is 22.4. The third-order valence-corrected chi connectivity index (χ3v) is 3.72. The van der Waals surface area contributed by atoms with Crippen molar-refractivity contribution < 1.29 is 14.7 Å². The van der Waals surface area contributed by atoms with E-state index in [-0.39, 0.29) is 17.9 Å². The predicted octanol–water partition coefficient (Wildman–Crippen LogP) is 1.13. The summed E-state index contributed by atoms with van der Waals surface area (Å²) in [6.07, 6.45) is 0.457. The lowest BCUT2D eigenvalue weighted by molar-refractivity contribution is -0.140. The molecule has 0 heterocycles. The fourth-order valence-corrected chi connectivity index (χ4v) is 2.36. The number of nitrogens with one attached hydrogen (secondary N) is 1. The molecule has 0 spiro atoms. The Kier molecular flexibility index (Phi) is 4.39. The number of hydrogen-bond donors (Lipinski definition) is 2. The largest absolute Gasteiger partial charge is 0.481 e. The molecule has 1 aromatic rings. The Balaban J connectivity index is 1.91. The highest BCUT2D eigenvalue weighted by Gasteiger charge is 2.48. The van der Waals surface area contributed by atoms with Gasteiger partial charge in [-0.15, -0.1) is 0 Å². The third-order valence-electron chi connectivity index (χ3n) is 3.72. The summed E-state index contributed by atoms with van der Waals surface area (Å²) in [6, 6.07) is 10.0. The van der Waals surface area contributed by atoms with Crippen LogP contribution in [0.15, 0.2) is 30.3 Å². The zero-order valence-electron chi connectivity index (χ0n) is 11.7. The molecule has 2 rings (SSSR count). The minimum atomic E-state index is -0.877. The summed E-state index contributed by atoms with van der Waals surface area (Å²) in [5.41, 5.74) is 1.13. The number of benzene rings is 1. The van der Waals surface area contributed by atoms with Crippen LogP contribution in [0.4, 0.5) is 0 Å². The molecule has 3 atom stereocenters. The van der Waals surface area contributed by atoms with Crippen LogP contribution in [0.25, 0.3) is 0 Å². The lowest BCUT2D eigenvalue weighted by Crippen LogP contribution is -2.35. The van der Waals surface area contributed by atoms with E-state index in [1.807, 2.05) is 49.3 Å². The minimum Gasteiger partial charge on any atom is -0.481 e. The van der Waals surface area contributed by atoms with Crippen LogP contribution in [0.5, 0.6) is 0 Å². The summed E-state index contributed by atoms with van der Waals surface area (Å²) >= 11 is 0. The zero-order chi connectivity index (χ0) is 14.7. The molecule has 1 aliphatic rings. The molecular formula is C15H20N2O3. The maximum Gasteiger partial charge on any atom is 0.307 e. The Morgan fingerprint density at radius 3 is 2.45 bits per heavy atom.